The number of hydrogen-bond donors (Lipinski definition) is 1. The van der Waals surface area contributed by atoms with Gasteiger partial charge in [0.05, 0.1) is 0 Å². The number of thiophene rings is 1. The van der Waals surface area contributed by atoms with Gasteiger partial charge in [-0.05, 0) is 36.4 Å². The van der Waals surface area contributed by atoms with E-state index in [1.807, 2.05) is 13.0 Å². The molecule has 2 heterocycles. The monoisotopic (exact) mass is 330 g/mol. The van der Waals surface area contributed by atoms with Crippen LogP contribution >= 0.6 is 11.3 Å². The molecule has 1 saturated heterocycles. The van der Waals surface area contributed by atoms with Gasteiger partial charge in [0.1, 0.15) is 4.21 Å². The van der Waals surface area contributed by atoms with Crippen LogP contribution in [0.15, 0.2) is 16.3 Å². The second kappa shape index (κ2) is 6.36. The fraction of sp³-hybridized carbons (Fsp3) is 0.733. The predicted molar refractivity (Wildman–Crippen MR) is 88.0 cm³/mol. The minimum atomic E-state index is -3.31. The van der Waals surface area contributed by atoms with Crippen molar-refractivity contribution in [1.29, 1.82) is 0 Å². The largest absolute Gasteiger partial charge is 0.312 e. The molecule has 1 atom stereocenters. The second-order valence-corrected chi connectivity index (χ2v) is 10.0. The molecule has 1 aromatic rings. The van der Waals surface area contributed by atoms with Gasteiger partial charge in [0, 0.05) is 24.5 Å². The first-order valence-corrected chi connectivity index (χ1v) is 9.80. The van der Waals surface area contributed by atoms with E-state index in [4.69, 9.17) is 0 Å². The molecule has 0 aromatic carbocycles. The molecular weight excluding hydrogens is 304 g/mol. The van der Waals surface area contributed by atoms with Crippen LogP contribution in [0, 0.1) is 11.3 Å². The Labute approximate surface area is 132 Å². The Balaban J connectivity index is 2.10. The lowest BCUT2D eigenvalue weighted by atomic mass is 9.80. The minimum absolute atomic E-state index is 0.163. The maximum absolute atomic E-state index is 12.7. The third-order valence-electron chi connectivity index (χ3n) is 4.16. The summed E-state index contributed by atoms with van der Waals surface area (Å²) in [6, 6.07) is 3.66. The van der Waals surface area contributed by atoms with Crippen molar-refractivity contribution in [1.82, 2.24) is 9.62 Å². The maximum atomic E-state index is 12.7. The van der Waals surface area contributed by atoms with Crippen molar-refractivity contribution in [2.45, 2.75) is 44.9 Å². The molecule has 21 heavy (non-hydrogen) atoms. The highest BCUT2D eigenvalue weighted by atomic mass is 32.2. The molecule has 1 aromatic heterocycles. The Morgan fingerprint density at radius 1 is 1.38 bits per heavy atom. The standard InChI is InChI=1S/C15H26N2O2S2/c1-5-16-10-13-6-7-14(20-13)21(18,19)17-9-8-12(11-17)15(2,3)4/h6-7,12,16H,5,8-11H2,1-4H3. The number of hydrogen-bond acceptors (Lipinski definition) is 4. The van der Waals surface area contributed by atoms with Crippen molar-refractivity contribution in [3.05, 3.63) is 17.0 Å². The summed E-state index contributed by atoms with van der Waals surface area (Å²) in [6.07, 6.45) is 0.957. The van der Waals surface area contributed by atoms with E-state index in [1.165, 1.54) is 11.3 Å². The van der Waals surface area contributed by atoms with Crippen molar-refractivity contribution >= 4 is 21.4 Å². The fourth-order valence-corrected chi connectivity index (χ4v) is 5.60. The molecule has 120 valence electrons. The first kappa shape index (κ1) is 16.9. The number of sulfonamides is 1. The molecule has 0 aliphatic carbocycles. The highest BCUT2D eigenvalue weighted by Gasteiger charge is 2.38. The van der Waals surface area contributed by atoms with Gasteiger partial charge in [-0.3, -0.25) is 0 Å². The van der Waals surface area contributed by atoms with Gasteiger partial charge in [0.25, 0.3) is 10.0 Å². The molecule has 1 N–H and O–H groups in total. The molecule has 0 spiro atoms. The van der Waals surface area contributed by atoms with E-state index in [9.17, 15) is 8.42 Å². The van der Waals surface area contributed by atoms with Gasteiger partial charge in [0.15, 0.2) is 0 Å². The zero-order valence-corrected chi connectivity index (χ0v) is 15.0. The first-order valence-electron chi connectivity index (χ1n) is 7.54. The van der Waals surface area contributed by atoms with Crippen LogP contribution in [0.5, 0.6) is 0 Å². The molecule has 1 aliphatic rings. The smallest absolute Gasteiger partial charge is 0.252 e. The lowest BCUT2D eigenvalue weighted by molar-refractivity contribution is 0.252. The highest BCUT2D eigenvalue weighted by Crippen LogP contribution is 2.36. The molecule has 0 bridgehead atoms. The average Bonchev–Trinajstić information content (AvgIpc) is 3.05. The van der Waals surface area contributed by atoms with Crippen molar-refractivity contribution in [3.8, 4) is 0 Å². The zero-order chi connectivity index (χ0) is 15.7. The van der Waals surface area contributed by atoms with Crippen LogP contribution in [0.2, 0.25) is 0 Å². The second-order valence-electron chi connectivity index (χ2n) is 6.72. The lowest BCUT2D eigenvalue weighted by Crippen LogP contribution is -2.30. The summed E-state index contributed by atoms with van der Waals surface area (Å²) in [5, 5.41) is 3.23. The van der Waals surface area contributed by atoms with Crippen LogP contribution in [0.1, 0.15) is 39.0 Å². The minimum Gasteiger partial charge on any atom is -0.312 e. The third kappa shape index (κ3) is 3.86. The quantitative estimate of drug-likeness (QED) is 0.903. The molecular formula is C15H26N2O2S2. The highest BCUT2D eigenvalue weighted by molar-refractivity contribution is 7.91. The van der Waals surface area contributed by atoms with E-state index in [-0.39, 0.29) is 5.41 Å². The number of rotatable bonds is 5. The lowest BCUT2D eigenvalue weighted by Gasteiger charge is -2.26. The molecule has 0 saturated carbocycles. The van der Waals surface area contributed by atoms with Gasteiger partial charge in [-0.2, -0.15) is 4.31 Å². The summed E-state index contributed by atoms with van der Waals surface area (Å²) < 4.78 is 27.6. The molecule has 0 radical (unpaired) electrons. The topological polar surface area (TPSA) is 49.4 Å². The summed E-state index contributed by atoms with van der Waals surface area (Å²) in [5.74, 6) is 0.438. The van der Waals surface area contributed by atoms with Crippen molar-refractivity contribution < 1.29 is 8.42 Å². The fourth-order valence-electron chi connectivity index (χ4n) is 2.62. The summed E-state index contributed by atoms with van der Waals surface area (Å²) in [6.45, 7) is 11.5. The summed E-state index contributed by atoms with van der Waals surface area (Å²) in [4.78, 5) is 1.07. The Bertz CT molecular complexity index is 573. The van der Waals surface area contributed by atoms with E-state index in [0.717, 1.165) is 24.4 Å². The van der Waals surface area contributed by atoms with Crippen LogP contribution in [0.3, 0.4) is 0 Å². The molecule has 1 unspecified atom stereocenters. The molecule has 1 fully saturated rings. The van der Waals surface area contributed by atoms with Crippen LogP contribution in [0.4, 0.5) is 0 Å². The van der Waals surface area contributed by atoms with Crippen LogP contribution < -0.4 is 5.32 Å². The van der Waals surface area contributed by atoms with Gasteiger partial charge < -0.3 is 5.32 Å². The summed E-state index contributed by atoms with van der Waals surface area (Å²) in [7, 11) is -3.31. The number of nitrogens with zero attached hydrogens (tertiary/aromatic N) is 1. The van der Waals surface area contributed by atoms with Crippen molar-refractivity contribution in [2.24, 2.45) is 11.3 Å². The van der Waals surface area contributed by atoms with Gasteiger partial charge in [-0.25, -0.2) is 8.42 Å². The normalized spacial score (nSPS) is 21.0. The third-order valence-corrected chi connectivity index (χ3v) is 7.57. The van der Waals surface area contributed by atoms with E-state index in [2.05, 4.69) is 26.1 Å². The Kier molecular flexibility index (Phi) is 5.13. The van der Waals surface area contributed by atoms with E-state index >= 15 is 0 Å². The summed E-state index contributed by atoms with van der Waals surface area (Å²) in [5.41, 5.74) is 0.163. The van der Waals surface area contributed by atoms with Gasteiger partial charge >= 0.3 is 0 Å². The average molecular weight is 331 g/mol. The Morgan fingerprint density at radius 2 is 2.10 bits per heavy atom. The van der Waals surface area contributed by atoms with E-state index < -0.39 is 10.0 Å². The summed E-state index contributed by atoms with van der Waals surface area (Å²) >= 11 is 1.38. The first-order chi connectivity index (χ1) is 9.75. The number of nitrogens with one attached hydrogen (secondary N) is 1. The zero-order valence-electron chi connectivity index (χ0n) is 13.3. The Hall–Kier alpha value is -0.430. The van der Waals surface area contributed by atoms with Gasteiger partial charge in [0.2, 0.25) is 0 Å². The SMILES string of the molecule is CCNCc1ccc(S(=O)(=O)N2CCC(C(C)(C)C)C2)s1. The van der Waals surface area contributed by atoms with Crippen molar-refractivity contribution in [2.75, 3.05) is 19.6 Å². The molecule has 4 nitrogen and oxygen atoms in total. The van der Waals surface area contributed by atoms with Crippen molar-refractivity contribution in [3.63, 3.8) is 0 Å². The van der Waals surface area contributed by atoms with Crippen LogP contribution in [0.25, 0.3) is 0 Å². The predicted octanol–water partition coefficient (Wildman–Crippen LogP) is 2.91. The molecule has 0 amide bonds. The maximum Gasteiger partial charge on any atom is 0.252 e. The van der Waals surface area contributed by atoms with E-state index in [1.54, 1.807) is 10.4 Å². The molecule has 2 rings (SSSR count). The van der Waals surface area contributed by atoms with Crippen LogP contribution in [-0.4, -0.2) is 32.4 Å². The molecule has 6 heteroatoms. The van der Waals surface area contributed by atoms with Crippen LogP contribution in [-0.2, 0) is 16.6 Å². The van der Waals surface area contributed by atoms with E-state index in [0.29, 0.717) is 23.2 Å². The van der Waals surface area contributed by atoms with Gasteiger partial charge in [-0.1, -0.05) is 27.7 Å². The van der Waals surface area contributed by atoms with Gasteiger partial charge in [-0.15, -0.1) is 11.3 Å². The Morgan fingerprint density at radius 3 is 2.67 bits per heavy atom. The molecule has 1 aliphatic heterocycles.